The molecule has 1 unspecified atom stereocenters. The van der Waals surface area contributed by atoms with E-state index in [1.165, 1.54) is 37.8 Å². The Morgan fingerprint density at radius 3 is 2.88 bits per heavy atom. The molecule has 2 rings (SSSR count). The number of thiophene rings is 1. The molecule has 2 nitrogen and oxygen atoms in total. The van der Waals surface area contributed by atoms with Gasteiger partial charge in [0.2, 0.25) is 0 Å². The lowest BCUT2D eigenvalue weighted by Gasteiger charge is -2.24. The van der Waals surface area contributed by atoms with Crippen LogP contribution < -0.4 is 5.32 Å². The topological polar surface area (TPSA) is 15.3 Å². The predicted molar refractivity (Wildman–Crippen MR) is 75.6 cm³/mol. The van der Waals surface area contributed by atoms with Gasteiger partial charge in [0.05, 0.1) is 0 Å². The van der Waals surface area contributed by atoms with Crippen molar-refractivity contribution in [3.8, 4) is 0 Å². The second kappa shape index (κ2) is 6.53. The predicted octanol–water partition coefficient (Wildman–Crippen LogP) is 3.27. The molecule has 0 aromatic carbocycles. The Hall–Kier alpha value is -0.380. The van der Waals surface area contributed by atoms with E-state index in [2.05, 4.69) is 41.0 Å². The van der Waals surface area contributed by atoms with Crippen LogP contribution in [0.3, 0.4) is 0 Å². The van der Waals surface area contributed by atoms with Crippen molar-refractivity contribution < 1.29 is 0 Å². The number of likely N-dealkylation sites (N-methyl/N-ethyl adjacent to an activating group) is 1. The zero-order valence-corrected chi connectivity index (χ0v) is 11.8. The summed E-state index contributed by atoms with van der Waals surface area (Å²) in [5.74, 6) is 0. The Bertz CT molecular complexity index is 304. The third kappa shape index (κ3) is 3.80. The van der Waals surface area contributed by atoms with Gasteiger partial charge in [-0.2, -0.15) is 11.3 Å². The third-order valence-electron chi connectivity index (χ3n) is 3.91. The van der Waals surface area contributed by atoms with E-state index in [-0.39, 0.29) is 0 Å². The molecule has 1 aliphatic rings. The molecule has 3 heteroatoms. The summed E-state index contributed by atoms with van der Waals surface area (Å²) in [6.07, 6.45) is 5.65. The lowest BCUT2D eigenvalue weighted by molar-refractivity contribution is 0.243. The fraction of sp³-hybridized carbons (Fsp3) is 0.714. The second-order valence-corrected chi connectivity index (χ2v) is 5.93. The van der Waals surface area contributed by atoms with Gasteiger partial charge in [0.1, 0.15) is 0 Å². The van der Waals surface area contributed by atoms with E-state index in [1.807, 2.05) is 0 Å². The van der Waals surface area contributed by atoms with Gasteiger partial charge in [-0.1, -0.05) is 12.8 Å². The van der Waals surface area contributed by atoms with Crippen LogP contribution >= 0.6 is 11.3 Å². The second-order valence-electron chi connectivity index (χ2n) is 5.15. The quantitative estimate of drug-likeness (QED) is 0.836. The number of nitrogens with zero attached hydrogens (tertiary/aromatic N) is 1. The zero-order chi connectivity index (χ0) is 12.1. The first kappa shape index (κ1) is 13.1. The third-order valence-corrected chi connectivity index (χ3v) is 4.61. The Labute approximate surface area is 109 Å². The highest BCUT2D eigenvalue weighted by Crippen LogP contribution is 2.22. The van der Waals surface area contributed by atoms with Crippen LogP contribution in [0.25, 0.3) is 0 Å². The molecule has 17 heavy (non-hydrogen) atoms. The van der Waals surface area contributed by atoms with Crippen LogP contribution in [-0.4, -0.2) is 31.1 Å². The molecule has 1 aromatic heterocycles. The molecule has 1 saturated carbocycles. The van der Waals surface area contributed by atoms with Crippen molar-refractivity contribution in [1.82, 2.24) is 10.2 Å². The van der Waals surface area contributed by atoms with Gasteiger partial charge >= 0.3 is 0 Å². The number of rotatable bonds is 6. The highest BCUT2D eigenvalue weighted by Gasteiger charge is 2.18. The Kier molecular flexibility index (Phi) is 5.01. The van der Waals surface area contributed by atoms with E-state index < -0.39 is 0 Å². The van der Waals surface area contributed by atoms with Crippen LogP contribution in [0.15, 0.2) is 16.8 Å². The summed E-state index contributed by atoms with van der Waals surface area (Å²) >= 11 is 1.78. The maximum atomic E-state index is 3.60. The first-order valence-electron chi connectivity index (χ1n) is 6.73. The van der Waals surface area contributed by atoms with Gasteiger partial charge in [-0.15, -0.1) is 0 Å². The highest BCUT2D eigenvalue weighted by molar-refractivity contribution is 7.07. The van der Waals surface area contributed by atoms with Crippen molar-refractivity contribution in [3.05, 3.63) is 22.4 Å². The summed E-state index contributed by atoms with van der Waals surface area (Å²) in [5.41, 5.74) is 1.42. The minimum atomic E-state index is 0.484. The maximum absolute atomic E-state index is 3.60. The zero-order valence-electron chi connectivity index (χ0n) is 11.0. The summed E-state index contributed by atoms with van der Waals surface area (Å²) in [7, 11) is 2.27. The fourth-order valence-electron chi connectivity index (χ4n) is 2.62. The Balaban J connectivity index is 1.65. The monoisotopic (exact) mass is 252 g/mol. The van der Waals surface area contributed by atoms with Gasteiger partial charge in [-0.3, -0.25) is 0 Å². The van der Waals surface area contributed by atoms with Crippen LogP contribution in [-0.2, 0) is 0 Å². The van der Waals surface area contributed by atoms with Gasteiger partial charge < -0.3 is 10.2 Å². The number of hydrogen-bond donors (Lipinski definition) is 1. The summed E-state index contributed by atoms with van der Waals surface area (Å²) in [5, 5.41) is 7.99. The summed E-state index contributed by atoms with van der Waals surface area (Å²) < 4.78 is 0. The highest BCUT2D eigenvalue weighted by atomic mass is 32.1. The molecule has 0 saturated heterocycles. The molecular weight excluding hydrogens is 228 g/mol. The molecule has 0 spiro atoms. The lowest BCUT2D eigenvalue weighted by Crippen LogP contribution is -2.36. The molecule has 1 N–H and O–H groups in total. The smallest absolute Gasteiger partial charge is 0.0300 e. The van der Waals surface area contributed by atoms with Gasteiger partial charge in [0.25, 0.3) is 0 Å². The number of hydrogen-bond acceptors (Lipinski definition) is 3. The van der Waals surface area contributed by atoms with E-state index >= 15 is 0 Å². The average molecular weight is 252 g/mol. The van der Waals surface area contributed by atoms with Crippen LogP contribution in [0.4, 0.5) is 0 Å². The molecule has 0 amide bonds. The Morgan fingerprint density at radius 2 is 2.24 bits per heavy atom. The molecule has 1 atom stereocenters. The van der Waals surface area contributed by atoms with Crippen molar-refractivity contribution >= 4 is 11.3 Å². The van der Waals surface area contributed by atoms with Crippen molar-refractivity contribution in [2.75, 3.05) is 20.1 Å². The van der Waals surface area contributed by atoms with Crippen LogP contribution in [0, 0.1) is 0 Å². The van der Waals surface area contributed by atoms with Crippen molar-refractivity contribution in [2.45, 2.75) is 44.7 Å². The van der Waals surface area contributed by atoms with Gasteiger partial charge in [0, 0.05) is 25.2 Å². The average Bonchev–Trinajstić information content (AvgIpc) is 3.02. The van der Waals surface area contributed by atoms with Crippen molar-refractivity contribution in [3.63, 3.8) is 0 Å². The van der Waals surface area contributed by atoms with Crippen molar-refractivity contribution in [1.29, 1.82) is 0 Å². The van der Waals surface area contributed by atoms with E-state index in [0.29, 0.717) is 6.04 Å². The lowest BCUT2D eigenvalue weighted by atomic mass is 10.2. The van der Waals surface area contributed by atoms with Crippen LogP contribution in [0.5, 0.6) is 0 Å². The minimum Gasteiger partial charge on any atom is -0.309 e. The first-order chi connectivity index (χ1) is 8.27. The van der Waals surface area contributed by atoms with Gasteiger partial charge in [-0.05, 0) is 49.2 Å². The SMILES string of the molecule is CC(NCCN(C)C1CCCC1)c1ccsc1. The van der Waals surface area contributed by atoms with E-state index in [0.717, 1.165) is 12.6 Å². The molecule has 1 aliphatic carbocycles. The first-order valence-corrected chi connectivity index (χ1v) is 7.67. The van der Waals surface area contributed by atoms with E-state index in [4.69, 9.17) is 0 Å². The fourth-order valence-corrected chi connectivity index (χ4v) is 3.38. The minimum absolute atomic E-state index is 0.484. The van der Waals surface area contributed by atoms with Crippen molar-refractivity contribution in [2.24, 2.45) is 0 Å². The van der Waals surface area contributed by atoms with Gasteiger partial charge in [-0.25, -0.2) is 0 Å². The molecular formula is C14H24N2S. The van der Waals surface area contributed by atoms with Crippen LogP contribution in [0.1, 0.15) is 44.2 Å². The summed E-state index contributed by atoms with van der Waals surface area (Å²) in [6.45, 7) is 4.50. The largest absolute Gasteiger partial charge is 0.309 e. The molecule has 0 aliphatic heterocycles. The standard InChI is InChI=1S/C14H24N2S/c1-12(13-7-10-17-11-13)15-8-9-16(2)14-5-3-4-6-14/h7,10-12,14-15H,3-6,8-9H2,1-2H3. The van der Waals surface area contributed by atoms with E-state index in [1.54, 1.807) is 11.3 Å². The van der Waals surface area contributed by atoms with E-state index in [9.17, 15) is 0 Å². The molecule has 1 fully saturated rings. The summed E-state index contributed by atoms with van der Waals surface area (Å²) in [4.78, 5) is 2.53. The maximum Gasteiger partial charge on any atom is 0.0300 e. The number of nitrogens with one attached hydrogen (secondary N) is 1. The normalized spacial score (nSPS) is 19.0. The molecule has 96 valence electrons. The molecule has 0 radical (unpaired) electrons. The molecule has 0 bridgehead atoms. The summed E-state index contributed by atoms with van der Waals surface area (Å²) in [6, 6.07) is 3.54. The molecule has 1 aromatic rings. The van der Waals surface area contributed by atoms with Crippen LogP contribution in [0.2, 0.25) is 0 Å². The van der Waals surface area contributed by atoms with Gasteiger partial charge in [0.15, 0.2) is 0 Å². The Morgan fingerprint density at radius 1 is 1.47 bits per heavy atom. The molecule has 1 heterocycles.